The van der Waals surface area contributed by atoms with Gasteiger partial charge in [-0.1, -0.05) is 5.16 Å². The summed E-state index contributed by atoms with van der Waals surface area (Å²) in [6.45, 7) is 5.05. The summed E-state index contributed by atoms with van der Waals surface area (Å²) in [4.78, 5) is 34.1. The highest BCUT2D eigenvalue weighted by molar-refractivity contribution is 5.90. The van der Waals surface area contributed by atoms with E-state index in [1.54, 1.807) is 12.1 Å². The number of carbonyl (C=O) groups is 2. The van der Waals surface area contributed by atoms with Gasteiger partial charge in [-0.25, -0.2) is 9.18 Å². The Balaban J connectivity index is 1.26. The number of nitrogens with zero attached hydrogens (tertiary/aromatic N) is 4. The first-order valence-corrected chi connectivity index (χ1v) is 11.4. The number of anilines is 2. The first-order chi connectivity index (χ1) is 15.8. The molecule has 33 heavy (non-hydrogen) atoms. The molecule has 2 saturated heterocycles. The molecular weight excluding hydrogens is 429 g/mol. The molecule has 9 nitrogen and oxygen atoms in total. The molecule has 0 radical (unpaired) electrons. The molecule has 3 fully saturated rings. The summed E-state index contributed by atoms with van der Waals surface area (Å²) in [6, 6.07) is 4.84. The van der Waals surface area contributed by atoms with Crippen molar-refractivity contribution in [3.8, 4) is 0 Å². The van der Waals surface area contributed by atoms with Gasteiger partial charge in [0.2, 0.25) is 5.91 Å². The second-order valence-corrected chi connectivity index (χ2v) is 9.24. The van der Waals surface area contributed by atoms with E-state index in [1.165, 1.54) is 17.9 Å². The molecule has 2 heterocycles. The molecule has 1 aromatic carbocycles. The van der Waals surface area contributed by atoms with Gasteiger partial charge in [0.05, 0.1) is 24.5 Å². The fraction of sp³-hybridized carbons (Fsp3) is 0.609. The molecule has 4 rings (SSSR count). The summed E-state index contributed by atoms with van der Waals surface area (Å²) >= 11 is 0. The summed E-state index contributed by atoms with van der Waals surface area (Å²) in [5, 5.41) is 6.74. The zero-order chi connectivity index (χ0) is 23.5. The molecular formula is C23H32FN5O4. The SMILES string of the molecule is CC(=O)NC[C@H]1CN(c2ccc(N3CC4C(C=NOCCCN(C)C)C4C3)c(F)c2)C(=O)O1. The van der Waals surface area contributed by atoms with Gasteiger partial charge in [0.25, 0.3) is 0 Å². The van der Waals surface area contributed by atoms with E-state index >= 15 is 0 Å². The van der Waals surface area contributed by atoms with E-state index in [0.29, 0.717) is 35.7 Å². The van der Waals surface area contributed by atoms with Crippen LogP contribution < -0.4 is 15.1 Å². The maximum absolute atomic E-state index is 14.9. The molecule has 0 spiro atoms. The zero-order valence-electron chi connectivity index (χ0n) is 19.4. The summed E-state index contributed by atoms with van der Waals surface area (Å²) < 4.78 is 20.2. The van der Waals surface area contributed by atoms with Gasteiger partial charge in [-0.15, -0.1) is 0 Å². The van der Waals surface area contributed by atoms with Gasteiger partial charge in [0, 0.05) is 38.7 Å². The van der Waals surface area contributed by atoms with E-state index in [2.05, 4.69) is 20.3 Å². The fourth-order valence-corrected chi connectivity index (χ4v) is 4.62. The average molecular weight is 462 g/mol. The molecule has 180 valence electrons. The Labute approximate surface area is 193 Å². The Morgan fingerprint density at radius 1 is 1.33 bits per heavy atom. The fourth-order valence-electron chi connectivity index (χ4n) is 4.62. The van der Waals surface area contributed by atoms with Crippen LogP contribution in [0.4, 0.5) is 20.6 Å². The smallest absolute Gasteiger partial charge is 0.414 e. The van der Waals surface area contributed by atoms with Crippen molar-refractivity contribution in [1.29, 1.82) is 0 Å². The summed E-state index contributed by atoms with van der Waals surface area (Å²) in [5.74, 6) is 0.797. The van der Waals surface area contributed by atoms with Crippen LogP contribution in [0.25, 0.3) is 0 Å². The summed E-state index contributed by atoms with van der Waals surface area (Å²) in [7, 11) is 4.06. The van der Waals surface area contributed by atoms with Crippen molar-refractivity contribution in [2.45, 2.75) is 19.4 Å². The van der Waals surface area contributed by atoms with Gasteiger partial charge >= 0.3 is 6.09 Å². The number of benzene rings is 1. The second-order valence-electron chi connectivity index (χ2n) is 9.24. The Morgan fingerprint density at radius 2 is 2.09 bits per heavy atom. The van der Waals surface area contributed by atoms with Crippen molar-refractivity contribution in [2.75, 3.05) is 63.2 Å². The number of carbonyl (C=O) groups excluding carboxylic acids is 2. The van der Waals surface area contributed by atoms with Crippen LogP contribution in [-0.4, -0.2) is 82.6 Å². The third kappa shape index (κ3) is 5.55. The number of rotatable bonds is 10. The zero-order valence-corrected chi connectivity index (χ0v) is 19.4. The molecule has 3 aliphatic rings. The largest absolute Gasteiger partial charge is 0.442 e. The van der Waals surface area contributed by atoms with Crippen LogP contribution in [-0.2, 0) is 14.4 Å². The first kappa shape index (κ1) is 23.3. The number of piperidine rings is 1. The predicted octanol–water partition coefficient (Wildman–Crippen LogP) is 1.92. The third-order valence-corrected chi connectivity index (χ3v) is 6.45. The Bertz CT molecular complexity index is 899. The van der Waals surface area contributed by atoms with E-state index in [-0.39, 0.29) is 24.8 Å². The quantitative estimate of drug-likeness (QED) is 0.326. The summed E-state index contributed by atoms with van der Waals surface area (Å²) in [6.07, 6.45) is 1.85. The van der Waals surface area contributed by atoms with Crippen LogP contribution in [0.3, 0.4) is 0 Å². The Kier molecular flexibility index (Phi) is 7.02. The first-order valence-electron chi connectivity index (χ1n) is 11.4. The number of nitrogens with one attached hydrogen (secondary N) is 1. The second kappa shape index (κ2) is 9.94. The van der Waals surface area contributed by atoms with E-state index in [4.69, 9.17) is 9.57 Å². The minimum absolute atomic E-state index is 0.190. The molecule has 1 N–H and O–H groups in total. The van der Waals surface area contributed by atoms with Gasteiger partial charge in [-0.2, -0.15) is 0 Å². The lowest BCUT2D eigenvalue weighted by Crippen LogP contribution is -2.33. The molecule has 1 aliphatic carbocycles. The number of hydrogen-bond donors (Lipinski definition) is 1. The number of halogens is 1. The molecule has 2 amide bonds. The van der Waals surface area contributed by atoms with E-state index in [0.717, 1.165) is 26.1 Å². The van der Waals surface area contributed by atoms with Crippen molar-refractivity contribution >= 4 is 29.6 Å². The topological polar surface area (TPSA) is 86.7 Å². The highest BCUT2D eigenvalue weighted by Crippen LogP contribution is 2.51. The third-order valence-electron chi connectivity index (χ3n) is 6.45. The minimum atomic E-state index is -0.536. The number of cyclic esters (lactones) is 1. The number of fused-ring (bicyclic) bond motifs is 1. The lowest BCUT2D eigenvalue weighted by atomic mass is 10.2. The lowest BCUT2D eigenvalue weighted by Gasteiger charge is -2.23. The molecule has 2 aliphatic heterocycles. The maximum atomic E-state index is 14.9. The molecule has 1 saturated carbocycles. The number of amides is 2. The van der Waals surface area contributed by atoms with Gasteiger partial charge in [-0.3, -0.25) is 9.69 Å². The monoisotopic (exact) mass is 461 g/mol. The predicted molar refractivity (Wildman–Crippen MR) is 123 cm³/mol. The molecule has 10 heteroatoms. The van der Waals surface area contributed by atoms with Crippen molar-refractivity contribution < 1.29 is 23.6 Å². The van der Waals surface area contributed by atoms with Crippen LogP contribution in [0, 0.1) is 23.6 Å². The van der Waals surface area contributed by atoms with Gasteiger partial charge < -0.3 is 24.7 Å². The molecule has 0 bridgehead atoms. The molecule has 2 unspecified atom stereocenters. The van der Waals surface area contributed by atoms with Crippen LogP contribution in [0.15, 0.2) is 23.4 Å². The Hall–Kier alpha value is -2.88. The number of ether oxygens (including phenoxy) is 1. The van der Waals surface area contributed by atoms with Crippen LogP contribution >= 0.6 is 0 Å². The average Bonchev–Trinajstić information content (AvgIpc) is 3.08. The standard InChI is InChI=1S/C23H32FN5O4/c1-15(30)25-10-17-12-29(23(31)33-17)16-5-6-22(21(24)9-16)28-13-19-18(20(19)14-28)11-26-32-8-4-7-27(2)3/h5-6,9,11,17-20H,4,7-8,10,12-14H2,1-3H3,(H,25,30)/t17-,18?,19?,20?/m0/s1. The van der Waals surface area contributed by atoms with Gasteiger partial charge in [0.1, 0.15) is 18.5 Å². The highest BCUT2D eigenvalue weighted by Gasteiger charge is 2.55. The molecule has 1 aromatic rings. The van der Waals surface area contributed by atoms with Crippen molar-refractivity contribution in [2.24, 2.45) is 22.9 Å². The van der Waals surface area contributed by atoms with Crippen LogP contribution in [0.1, 0.15) is 13.3 Å². The Morgan fingerprint density at radius 3 is 2.76 bits per heavy atom. The van der Waals surface area contributed by atoms with Crippen molar-refractivity contribution in [1.82, 2.24) is 10.2 Å². The van der Waals surface area contributed by atoms with Crippen molar-refractivity contribution in [3.63, 3.8) is 0 Å². The number of oxime groups is 1. The molecule has 0 aromatic heterocycles. The minimum Gasteiger partial charge on any atom is -0.442 e. The molecule has 3 atom stereocenters. The normalized spacial score (nSPS) is 26.2. The highest BCUT2D eigenvalue weighted by atomic mass is 19.1. The summed E-state index contributed by atoms with van der Waals surface area (Å²) in [5.41, 5.74) is 0.997. The van der Waals surface area contributed by atoms with Gasteiger partial charge in [-0.05, 0) is 50.6 Å². The van der Waals surface area contributed by atoms with E-state index < -0.39 is 12.2 Å². The van der Waals surface area contributed by atoms with Crippen LogP contribution in [0.5, 0.6) is 0 Å². The van der Waals surface area contributed by atoms with Crippen LogP contribution in [0.2, 0.25) is 0 Å². The maximum Gasteiger partial charge on any atom is 0.414 e. The van der Waals surface area contributed by atoms with E-state index in [9.17, 15) is 14.0 Å². The van der Waals surface area contributed by atoms with E-state index in [1.807, 2.05) is 20.3 Å². The van der Waals surface area contributed by atoms with Gasteiger partial charge in [0.15, 0.2) is 0 Å². The number of hydrogen-bond acceptors (Lipinski definition) is 7. The lowest BCUT2D eigenvalue weighted by molar-refractivity contribution is -0.119. The van der Waals surface area contributed by atoms with Crippen molar-refractivity contribution in [3.05, 3.63) is 24.0 Å².